The Balaban J connectivity index is 0.000000207. The van der Waals surface area contributed by atoms with Gasteiger partial charge >= 0.3 is 11.9 Å². The number of carbonyl (C=O) groups excluding carboxylic acids is 2. The molecule has 2 fully saturated rings. The van der Waals surface area contributed by atoms with Gasteiger partial charge in [0.2, 0.25) is 0 Å². The number of esters is 2. The van der Waals surface area contributed by atoms with Crippen molar-refractivity contribution in [2.45, 2.75) is 65.2 Å². The van der Waals surface area contributed by atoms with Gasteiger partial charge in [-0.05, 0) is 71.6 Å². The number of anilines is 1. The summed E-state index contributed by atoms with van der Waals surface area (Å²) >= 11 is 3.45. The number of halogens is 2. The van der Waals surface area contributed by atoms with E-state index < -0.39 is 7.15 Å². The minimum atomic E-state index is -1.00. The van der Waals surface area contributed by atoms with Gasteiger partial charge < -0.3 is 14.4 Å². The Morgan fingerprint density at radius 1 is 0.607 bits per heavy atom. The first-order valence-electron chi connectivity index (χ1n) is 19.2. The molecular weight excluding hydrogens is 773 g/mol. The number of benzene rings is 4. The van der Waals surface area contributed by atoms with E-state index in [1.165, 1.54) is 72.0 Å². The molecule has 0 spiro atoms. The average Bonchev–Trinajstić information content (AvgIpc) is 3.27. The van der Waals surface area contributed by atoms with Crippen LogP contribution in [0.4, 0.5) is 10.2 Å². The van der Waals surface area contributed by atoms with Gasteiger partial charge in [0, 0.05) is 24.2 Å². The van der Waals surface area contributed by atoms with Crippen molar-refractivity contribution in [2.75, 3.05) is 39.4 Å². The summed E-state index contributed by atoms with van der Waals surface area (Å²) in [6.07, 6.45) is 12.6. The van der Waals surface area contributed by atoms with Crippen LogP contribution in [0.5, 0.6) is 0 Å². The first kappa shape index (κ1) is 41.9. The molecule has 294 valence electrons. The van der Waals surface area contributed by atoms with E-state index in [1.807, 2.05) is 66.7 Å². The van der Waals surface area contributed by atoms with Crippen LogP contribution in [0.2, 0.25) is 0 Å². The Morgan fingerprint density at radius 3 is 1.48 bits per heavy atom. The highest BCUT2D eigenvalue weighted by atomic mass is 79.9. The van der Waals surface area contributed by atoms with Crippen LogP contribution < -0.4 is 4.90 Å². The maximum atomic E-state index is 11.8. The molecule has 0 atom stereocenters. The van der Waals surface area contributed by atoms with Gasteiger partial charge in [-0.1, -0.05) is 107 Å². The fourth-order valence-corrected chi connectivity index (χ4v) is 7.03. The van der Waals surface area contributed by atoms with Crippen LogP contribution in [0.15, 0.2) is 102 Å². The van der Waals surface area contributed by atoms with Crippen molar-refractivity contribution in [2.24, 2.45) is 0 Å². The number of rotatable bonds is 5. The smallest absolute Gasteiger partial charge is 0.337 e. The van der Waals surface area contributed by atoms with E-state index in [0.717, 1.165) is 46.9 Å². The Labute approximate surface area is 339 Å². The lowest BCUT2D eigenvalue weighted by Crippen LogP contribution is -2.31. The summed E-state index contributed by atoms with van der Waals surface area (Å²) in [5.41, 5.74) is 7.40. The van der Waals surface area contributed by atoms with Gasteiger partial charge in [-0.2, -0.15) is 0 Å². The zero-order chi connectivity index (χ0) is 39.7. The van der Waals surface area contributed by atoms with E-state index >= 15 is 0 Å². The zero-order valence-corrected chi connectivity index (χ0v) is 32.9. The molecule has 8 rings (SSSR count). The third kappa shape index (κ3) is 11.4. The van der Waals surface area contributed by atoms with Gasteiger partial charge in [-0.3, -0.25) is 4.39 Å². The van der Waals surface area contributed by atoms with Gasteiger partial charge in [0.15, 0.2) is 5.82 Å². The van der Waals surface area contributed by atoms with Crippen molar-refractivity contribution >= 4 is 55.8 Å². The lowest BCUT2D eigenvalue weighted by atomic mass is 10.0. The number of hydrogen-bond donors (Lipinski definition) is 0. The molecule has 2 aromatic heterocycles. The molecule has 0 bridgehead atoms. The molecule has 56 heavy (non-hydrogen) atoms. The topological polar surface area (TPSA) is 107 Å². The van der Waals surface area contributed by atoms with Gasteiger partial charge in [0.1, 0.15) is 16.0 Å². The van der Waals surface area contributed by atoms with E-state index in [0.29, 0.717) is 32.3 Å². The summed E-state index contributed by atoms with van der Waals surface area (Å²) in [4.78, 5) is 44.7. The molecule has 1 saturated heterocycles. The Kier molecular flexibility index (Phi) is 16.7. The predicted molar refractivity (Wildman–Crippen MR) is 228 cm³/mol. The SMILES string of the molecule is C.C1CCCCC1.COC(=O)c1ccc2nc(Br)c(-c3ccccc3)nc2c1.COC(=O)c1ccc2nc(N3CCCCC3)c(-c3ccccc3)nc2c1.[2H]CF. The van der Waals surface area contributed by atoms with E-state index in [1.54, 1.807) is 30.3 Å². The number of ether oxygens (including phenoxy) is 2. The monoisotopic (exact) mass is 824 g/mol. The van der Waals surface area contributed by atoms with Crippen molar-refractivity contribution in [3.63, 3.8) is 0 Å². The van der Waals surface area contributed by atoms with E-state index in [4.69, 9.17) is 20.8 Å². The number of methoxy groups -OCH3 is 2. The predicted octanol–water partition coefficient (Wildman–Crippen LogP) is 11.5. The number of nitrogens with zero attached hydrogens (tertiary/aromatic N) is 5. The lowest BCUT2D eigenvalue weighted by molar-refractivity contribution is 0.0592. The maximum Gasteiger partial charge on any atom is 0.337 e. The van der Waals surface area contributed by atoms with Crippen LogP contribution in [0.1, 0.15) is 87.3 Å². The highest BCUT2D eigenvalue weighted by Gasteiger charge is 2.20. The van der Waals surface area contributed by atoms with E-state index in [-0.39, 0.29) is 19.4 Å². The van der Waals surface area contributed by atoms with Crippen molar-refractivity contribution in [3.8, 4) is 22.5 Å². The molecule has 0 N–H and O–H groups in total. The molecule has 2 aliphatic rings. The molecule has 1 aliphatic carbocycles. The van der Waals surface area contributed by atoms with Gasteiger partial charge in [-0.15, -0.1) is 0 Å². The fourth-order valence-electron chi connectivity index (χ4n) is 6.52. The summed E-state index contributed by atoms with van der Waals surface area (Å²) < 4.78 is 25.7. The van der Waals surface area contributed by atoms with Crippen LogP contribution in [-0.4, -0.2) is 66.3 Å². The van der Waals surface area contributed by atoms with Crippen LogP contribution in [0.3, 0.4) is 0 Å². The average molecular weight is 826 g/mol. The highest BCUT2D eigenvalue weighted by Crippen LogP contribution is 2.32. The zero-order valence-electron chi connectivity index (χ0n) is 32.3. The van der Waals surface area contributed by atoms with Gasteiger partial charge in [0.25, 0.3) is 0 Å². The first-order chi connectivity index (χ1) is 27.4. The largest absolute Gasteiger partial charge is 0.465 e. The van der Waals surface area contributed by atoms with Crippen molar-refractivity contribution in [1.29, 1.82) is 0 Å². The Hall–Kier alpha value is -5.29. The molecule has 9 nitrogen and oxygen atoms in total. The van der Waals surface area contributed by atoms with Crippen molar-refractivity contribution < 1.29 is 24.8 Å². The van der Waals surface area contributed by atoms with Crippen molar-refractivity contribution in [3.05, 3.63) is 113 Å². The summed E-state index contributed by atoms with van der Waals surface area (Å²) in [5.74, 6) is 0.173. The third-order valence-corrected chi connectivity index (χ3v) is 9.91. The number of hydrogen-bond acceptors (Lipinski definition) is 9. The molecule has 0 unspecified atom stereocenters. The van der Waals surface area contributed by atoms with Crippen LogP contribution in [0.25, 0.3) is 44.6 Å². The lowest BCUT2D eigenvalue weighted by Gasteiger charge is -2.29. The molecule has 11 heteroatoms. The summed E-state index contributed by atoms with van der Waals surface area (Å²) in [6.45, 7) is 2.00. The minimum absolute atomic E-state index is 0. The van der Waals surface area contributed by atoms with Gasteiger partial charge in [0.05, 0.1) is 55.9 Å². The van der Waals surface area contributed by atoms with Crippen molar-refractivity contribution in [1.82, 2.24) is 19.9 Å². The quantitative estimate of drug-likeness (QED) is 0.157. The Bertz CT molecular complexity index is 2180. The molecule has 3 heterocycles. The second-order valence-corrected chi connectivity index (χ2v) is 13.8. The normalized spacial score (nSPS) is 13.6. The van der Waals surface area contributed by atoms with E-state index in [9.17, 15) is 14.0 Å². The second kappa shape index (κ2) is 22.3. The second-order valence-electron chi connectivity index (χ2n) is 13.1. The number of fused-ring (bicyclic) bond motifs is 2. The summed E-state index contributed by atoms with van der Waals surface area (Å²) in [5, 5.41) is 0. The van der Waals surface area contributed by atoms with Crippen LogP contribution in [-0.2, 0) is 9.47 Å². The van der Waals surface area contributed by atoms with Gasteiger partial charge in [-0.25, -0.2) is 29.5 Å². The molecule has 1 aliphatic heterocycles. The maximum absolute atomic E-state index is 11.8. The molecule has 0 radical (unpaired) electrons. The molecule has 1 saturated carbocycles. The third-order valence-electron chi connectivity index (χ3n) is 9.36. The highest BCUT2D eigenvalue weighted by molar-refractivity contribution is 9.10. The molecule has 6 aromatic rings. The fraction of sp³-hybridized carbons (Fsp3) is 0.333. The standard InChI is InChI=1S/C21H21N3O2.C16H11BrN2O2.C6H12.CH3F.CH4/c1-26-21(25)16-10-11-17-18(14-16)22-19(15-8-4-2-5-9-15)20(23-17)24-12-6-3-7-13-24;1-21-16(20)11-7-8-12-13(9-11)18-14(15(17)19-12)10-5-3-2-4-6-10;1-2-4-6-5-3-1;1-2;/h2,4-5,8-11,14H,3,6-7,12-13H2,1H3;2-9H,1H3;1-6H2;1H3;1H4/i;;;1D;. The Morgan fingerprint density at radius 2 is 1.02 bits per heavy atom. The summed E-state index contributed by atoms with van der Waals surface area (Å²) in [6, 6.07) is 30.3. The number of alkyl halides is 1. The molecular formula is C45H51BrFN5O4. The first-order valence-corrected chi connectivity index (χ1v) is 19.3. The number of piperidine rings is 1. The van der Waals surface area contributed by atoms with Crippen LogP contribution >= 0.6 is 15.9 Å². The minimum Gasteiger partial charge on any atom is -0.465 e. The molecule has 4 aromatic carbocycles. The number of carbonyl (C=O) groups is 2. The van der Waals surface area contributed by atoms with E-state index in [2.05, 4.69) is 30.8 Å². The van der Waals surface area contributed by atoms with Crippen LogP contribution in [0, 0.1) is 0 Å². The summed E-state index contributed by atoms with van der Waals surface area (Å²) in [7, 11) is 1.74. The molecule has 0 amide bonds. The number of aromatic nitrogens is 4.